The van der Waals surface area contributed by atoms with Gasteiger partial charge in [0, 0.05) is 11.9 Å². The van der Waals surface area contributed by atoms with Crippen molar-refractivity contribution < 1.29 is 4.74 Å². The van der Waals surface area contributed by atoms with Crippen LogP contribution in [0.4, 0.5) is 0 Å². The average molecular weight is 207 g/mol. The standard InChI is InChI=1S/C8H15BrO/c1-2-10-8(7-9)5-3-4-6-8/h2-7H2,1H3. The van der Waals surface area contributed by atoms with E-state index in [0.29, 0.717) is 0 Å². The molecule has 1 rings (SSSR count). The molecule has 0 atom stereocenters. The number of alkyl halides is 1. The third-order valence-corrected chi connectivity index (χ3v) is 3.23. The Balaban J connectivity index is 2.41. The highest BCUT2D eigenvalue weighted by Gasteiger charge is 2.32. The van der Waals surface area contributed by atoms with Crippen LogP contribution in [0, 0.1) is 0 Å². The van der Waals surface area contributed by atoms with Gasteiger partial charge in [-0.1, -0.05) is 28.8 Å². The smallest absolute Gasteiger partial charge is 0.0778 e. The first-order valence-electron chi connectivity index (χ1n) is 4.03. The van der Waals surface area contributed by atoms with Crippen LogP contribution in [0.1, 0.15) is 32.6 Å². The van der Waals surface area contributed by atoms with E-state index in [0.717, 1.165) is 11.9 Å². The maximum Gasteiger partial charge on any atom is 0.0778 e. The lowest BCUT2D eigenvalue weighted by atomic mass is 10.1. The van der Waals surface area contributed by atoms with Crippen molar-refractivity contribution >= 4 is 15.9 Å². The summed E-state index contributed by atoms with van der Waals surface area (Å²) in [6.07, 6.45) is 5.16. The van der Waals surface area contributed by atoms with Crippen LogP contribution in [0.15, 0.2) is 0 Å². The van der Waals surface area contributed by atoms with Crippen molar-refractivity contribution in [2.45, 2.75) is 38.2 Å². The van der Waals surface area contributed by atoms with Gasteiger partial charge < -0.3 is 4.74 Å². The van der Waals surface area contributed by atoms with E-state index in [2.05, 4.69) is 22.9 Å². The largest absolute Gasteiger partial charge is 0.374 e. The zero-order chi connectivity index (χ0) is 7.45. The fourth-order valence-electron chi connectivity index (χ4n) is 1.64. The molecule has 0 N–H and O–H groups in total. The van der Waals surface area contributed by atoms with Crippen molar-refractivity contribution in [1.82, 2.24) is 0 Å². The summed E-state index contributed by atoms with van der Waals surface area (Å²) in [7, 11) is 0. The third-order valence-electron chi connectivity index (χ3n) is 2.21. The molecule has 10 heavy (non-hydrogen) atoms. The Bertz CT molecular complexity index is 97.4. The second kappa shape index (κ2) is 3.72. The Labute approximate surface area is 71.3 Å². The molecule has 2 heteroatoms. The van der Waals surface area contributed by atoms with E-state index < -0.39 is 0 Å². The molecule has 0 bridgehead atoms. The normalized spacial score (nSPS) is 23.4. The van der Waals surface area contributed by atoms with E-state index in [4.69, 9.17) is 4.74 Å². The maximum absolute atomic E-state index is 5.69. The molecule has 0 unspecified atom stereocenters. The SMILES string of the molecule is CCOC1(CBr)CCCC1. The Morgan fingerprint density at radius 1 is 1.40 bits per heavy atom. The summed E-state index contributed by atoms with van der Waals surface area (Å²) in [5.41, 5.74) is 0.203. The molecular formula is C8H15BrO. The first-order chi connectivity index (χ1) is 4.83. The summed E-state index contributed by atoms with van der Waals surface area (Å²) >= 11 is 3.51. The van der Waals surface area contributed by atoms with Gasteiger partial charge in [-0.2, -0.15) is 0 Å². The van der Waals surface area contributed by atoms with Crippen LogP contribution in [0.2, 0.25) is 0 Å². The van der Waals surface area contributed by atoms with Gasteiger partial charge in [-0.3, -0.25) is 0 Å². The minimum atomic E-state index is 0.203. The minimum absolute atomic E-state index is 0.203. The van der Waals surface area contributed by atoms with E-state index in [-0.39, 0.29) is 5.60 Å². The van der Waals surface area contributed by atoms with E-state index in [1.165, 1.54) is 25.7 Å². The third kappa shape index (κ3) is 1.73. The molecule has 1 saturated carbocycles. The number of hydrogen-bond donors (Lipinski definition) is 0. The summed E-state index contributed by atoms with van der Waals surface area (Å²) in [4.78, 5) is 0. The summed E-state index contributed by atoms with van der Waals surface area (Å²) in [6, 6.07) is 0. The molecule has 60 valence electrons. The van der Waals surface area contributed by atoms with Gasteiger partial charge in [-0.15, -0.1) is 0 Å². The Morgan fingerprint density at radius 3 is 2.40 bits per heavy atom. The van der Waals surface area contributed by atoms with Gasteiger partial charge >= 0.3 is 0 Å². The quantitative estimate of drug-likeness (QED) is 0.646. The number of halogens is 1. The molecule has 1 fully saturated rings. The second-order valence-corrected chi connectivity index (χ2v) is 3.52. The van der Waals surface area contributed by atoms with Crippen LogP contribution in [0.5, 0.6) is 0 Å². The van der Waals surface area contributed by atoms with Gasteiger partial charge in [0.1, 0.15) is 0 Å². The summed E-state index contributed by atoms with van der Waals surface area (Å²) in [5.74, 6) is 0. The Kier molecular flexibility index (Phi) is 3.18. The molecule has 0 heterocycles. The van der Waals surface area contributed by atoms with E-state index >= 15 is 0 Å². The van der Waals surface area contributed by atoms with Gasteiger partial charge in [0.2, 0.25) is 0 Å². The van der Waals surface area contributed by atoms with Gasteiger partial charge in [0.05, 0.1) is 5.60 Å². The lowest BCUT2D eigenvalue weighted by Gasteiger charge is -2.25. The highest BCUT2D eigenvalue weighted by molar-refractivity contribution is 9.09. The lowest BCUT2D eigenvalue weighted by molar-refractivity contribution is -0.0139. The van der Waals surface area contributed by atoms with Gasteiger partial charge in [0.15, 0.2) is 0 Å². The van der Waals surface area contributed by atoms with E-state index in [1.807, 2.05) is 0 Å². The molecule has 0 saturated heterocycles. The van der Waals surface area contributed by atoms with E-state index in [1.54, 1.807) is 0 Å². The fraction of sp³-hybridized carbons (Fsp3) is 1.00. The van der Waals surface area contributed by atoms with Crippen molar-refractivity contribution in [1.29, 1.82) is 0 Å². The van der Waals surface area contributed by atoms with Crippen molar-refractivity contribution in [2.75, 3.05) is 11.9 Å². The first-order valence-corrected chi connectivity index (χ1v) is 5.15. The average Bonchev–Trinajstić information content (AvgIpc) is 2.39. The highest BCUT2D eigenvalue weighted by Crippen LogP contribution is 2.34. The van der Waals surface area contributed by atoms with Crippen LogP contribution in [0.25, 0.3) is 0 Å². The van der Waals surface area contributed by atoms with Crippen LogP contribution >= 0.6 is 15.9 Å². The molecule has 0 spiro atoms. The van der Waals surface area contributed by atoms with Crippen LogP contribution in [-0.2, 0) is 4.74 Å². The van der Waals surface area contributed by atoms with Crippen molar-refractivity contribution in [3.05, 3.63) is 0 Å². The summed E-state index contributed by atoms with van der Waals surface area (Å²) < 4.78 is 5.69. The van der Waals surface area contributed by atoms with Crippen molar-refractivity contribution in [3.8, 4) is 0 Å². The molecule has 0 aliphatic heterocycles. The maximum atomic E-state index is 5.69. The fourth-order valence-corrected chi connectivity index (χ4v) is 2.36. The molecule has 1 nitrogen and oxygen atoms in total. The van der Waals surface area contributed by atoms with Crippen LogP contribution < -0.4 is 0 Å². The predicted molar refractivity (Wildman–Crippen MR) is 46.6 cm³/mol. The topological polar surface area (TPSA) is 9.23 Å². The summed E-state index contributed by atoms with van der Waals surface area (Å²) in [5, 5.41) is 1.01. The van der Waals surface area contributed by atoms with Crippen molar-refractivity contribution in [2.24, 2.45) is 0 Å². The molecular weight excluding hydrogens is 192 g/mol. The highest BCUT2D eigenvalue weighted by atomic mass is 79.9. The molecule has 1 aliphatic carbocycles. The first kappa shape index (κ1) is 8.54. The lowest BCUT2D eigenvalue weighted by Crippen LogP contribution is -2.30. The van der Waals surface area contributed by atoms with Gasteiger partial charge in [-0.25, -0.2) is 0 Å². The number of hydrogen-bond acceptors (Lipinski definition) is 1. The van der Waals surface area contributed by atoms with E-state index in [9.17, 15) is 0 Å². The number of rotatable bonds is 3. The predicted octanol–water partition coefficient (Wildman–Crippen LogP) is 2.73. The monoisotopic (exact) mass is 206 g/mol. The van der Waals surface area contributed by atoms with Gasteiger partial charge in [-0.05, 0) is 19.8 Å². The molecule has 1 aliphatic rings. The van der Waals surface area contributed by atoms with Gasteiger partial charge in [0.25, 0.3) is 0 Å². The number of ether oxygens (including phenoxy) is 1. The molecule has 0 aromatic rings. The summed E-state index contributed by atoms with van der Waals surface area (Å²) in [6.45, 7) is 2.92. The Morgan fingerprint density at radius 2 is 2.00 bits per heavy atom. The molecule has 0 aromatic carbocycles. The zero-order valence-electron chi connectivity index (χ0n) is 6.53. The minimum Gasteiger partial charge on any atom is -0.374 e. The molecule has 0 aromatic heterocycles. The molecule has 0 amide bonds. The Hall–Kier alpha value is 0.440. The van der Waals surface area contributed by atoms with Crippen LogP contribution in [0.3, 0.4) is 0 Å². The molecule has 0 radical (unpaired) electrons. The zero-order valence-corrected chi connectivity index (χ0v) is 8.11. The van der Waals surface area contributed by atoms with Crippen LogP contribution in [-0.4, -0.2) is 17.5 Å². The van der Waals surface area contributed by atoms with Crippen molar-refractivity contribution in [3.63, 3.8) is 0 Å². The second-order valence-electron chi connectivity index (χ2n) is 2.96.